The van der Waals surface area contributed by atoms with Crippen LogP contribution in [0.3, 0.4) is 0 Å². The minimum atomic E-state index is -0.474. The first kappa shape index (κ1) is 30.4. The summed E-state index contributed by atoms with van der Waals surface area (Å²) in [5.41, 5.74) is 4.34. The molecule has 0 aliphatic heterocycles. The van der Waals surface area contributed by atoms with Crippen LogP contribution in [0.15, 0.2) is 119 Å². The van der Waals surface area contributed by atoms with Gasteiger partial charge in [-0.1, -0.05) is 48.0 Å². The molecule has 0 radical (unpaired) electrons. The van der Waals surface area contributed by atoms with Crippen LogP contribution in [0.2, 0.25) is 0 Å². The average molecular weight is 623 g/mol. The lowest BCUT2D eigenvalue weighted by Gasteiger charge is -2.12. The molecule has 44 heavy (non-hydrogen) atoms. The Labute approximate surface area is 262 Å². The molecule has 4 aromatic carbocycles. The van der Waals surface area contributed by atoms with Crippen LogP contribution in [0.25, 0.3) is 17.3 Å². The fraction of sp³-hybridized carbons (Fsp3) is 0.0588. The third-order valence-corrected chi connectivity index (χ3v) is 8.06. The lowest BCUT2D eigenvalue weighted by atomic mass is 10.1. The molecule has 5 rings (SSSR count). The third-order valence-electron chi connectivity index (χ3n) is 6.29. The molecule has 0 saturated heterocycles. The monoisotopic (exact) mass is 622 g/mol. The summed E-state index contributed by atoms with van der Waals surface area (Å²) in [6.07, 6.45) is 1.63. The van der Waals surface area contributed by atoms with Crippen LogP contribution in [-0.4, -0.2) is 28.5 Å². The number of halogens is 1. The number of carbonyl (C=O) groups is 3. The number of thioether (sulfide) groups is 1. The van der Waals surface area contributed by atoms with Crippen LogP contribution in [0.1, 0.15) is 21.5 Å². The van der Waals surface area contributed by atoms with E-state index in [1.807, 2.05) is 37.3 Å². The smallest absolute Gasteiger partial charge is 0.272 e. The second kappa shape index (κ2) is 14.4. The van der Waals surface area contributed by atoms with Crippen LogP contribution in [0.5, 0.6) is 0 Å². The molecule has 0 fully saturated rings. The van der Waals surface area contributed by atoms with Gasteiger partial charge in [-0.15, -0.1) is 23.1 Å². The van der Waals surface area contributed by atoms with E-state index in [4.69, 9.17) is 0 Å². The molecule has 1 aromatic heterocycles. The summed E-state index contributed by atoms with van der Waals surface area (Å²) in [5, 5.41) is 10.6. The quantitative estimate of drug-likeness (QED) is 0.111. The molecule has 220 valence electrons. The van der Waals surface area contributed by atoms with E-state index in [1.54, 1.807) is 72.1 Å². The Hall–Kier alpha value is -5.06. The number of nitrogens with zero attached hydrogens (tertiary/aromatic N) is 1. The number of hydrogen-bond donors (Lipinski definition) is 3. The first-order chi connectivity index (χ1) is 21.3. The SMILES string of the molecule is Cc1ccc(/C=C(\NC(=O)c2ccccc2)C(=O)Nc2ccc(SCC(=O)Nc3nc(-c4ccc(F)cc4)cs3)cc2)cc1. The zero-order chi connectivity index (χ0) is 30.9. The Morgan fingerprint density at radius 1 is 0.864 bits per heavy atom. The Balaban J connectivity index is 1.18. The van der Waals surface area contributed by atoms with Crippen molar-refractivity contribution in [1.82, 2.24) is 10.3 Å². The molecule has 10 heteroatoms. The van der Waals surface area contributed by atoms with Crippen molar-refractivity contribution in [3.8, 4) is 11.3 Å². The highest BCUT2D eigenvalue weighted by Crippen LogP contribution is 2.26. The van der Waals surface area contributed by atoms with Crippen LogP contribution < -0.4 is 16.0 Å². The van der Waals surface area contributed by atoms with Gasteiger partial charge in [0.15, 0.2) is 5.13 Å². The van der Waals surface area contributed by atoms with Crippen LogP contribution >= 0.6 is 23.1 Å². The Morgan fingerprint density at radius 2 is 1.57 bits per heavy atom. The number of hydrogen-bond acceptors (Lipinski definition) is 6. The van der Waals surface area contributed by atoms with Gasteiger partial charge >= 0.3 is 0 Å². The zero-order valence-electron chi connectivity index (χ0n) is 23.5. The molecule has 5 aromatic rings. The molecule has 0 bridgehead atoms. The molecule has 0 atom stereocenters. The Morgan fingerprint density at radius 3 is 2.27 bits per heavy atom. The maximum absolute atomic E-state index is 13.3. The number of anilines is 2. The standard InChI is InChI=1S/C34H27FN4O3S2/c1-22-7-9-23(10-8-22)19-29(37-32(41)25-5-3-2-4-6-25)33(42)36-27-15-17-28(18-16-27)43-21-31(40)39-34-38-30(20-44-34)24-11-13-26(35)14-12-24/h2-20H,21H2,1H3,(H,36,42)(H,37,41)(H,38,39,40)/b29-19-. The summed E-state index contributed by atoms with van der Waals surface area (Å²) in [6, 6.07) is 29.4. The van der Waals surface area contributed by atoms with Gasteiger partial charge in [-0.25, -0.2) is 9.37 Å². The number of rotatable bonds is 10. The van der Waals surface area contributed by atoms with Gasteiger partial charge in [0.2, 0.25) is 5.91 Å². The molecular formula is C34H27FN4O3S2. The molecule has 0 unspecified atom stereocenters. The fourth-order valence-electron chi connectivity index (χ4n) is 3.99. The zero-order valence-corrected chi connectivity index (χ0v) is 25.2. The van der Waals surface area contributed by atoms with Crippen molar-refractivity contribution in [2.75, 3.05) is 16.4 Å². The predicted octanol–water partition coefficient (Wildman–Crippen LogP) is 7.40. The molecule has 3 amide bonds. The third kappa shape index (κ3) is 8.50. The maximum Gasteiger partial charge on any atom is 0.272 e. The summed E-state index contributed by atoms with van der Waals surface area (Å²) in [5.74, 6) is -1.25. The highest BCUT2D eigenvalue weighted by Gasteiger charge is 2.15. The van der Waals surface area contributed by atoms with Crippen molar-refractivity contribution in [2.24, 2.45) is 0 Å². The minimum Gasteiger partial charge on any atom is -0.321 e. The van der Waals surface area contributed by atoms with E-state index < -0.39 is 11.8 Å². The topological polar surface area (TPSA) is 100 Å². The number of nitrogens with one attached hydrogen (secondary N) is 3. The van der Waals surface area contributed by atoms with Gasteiger partial charge in [0.25, 0.3) is 11.8 Å². The van der Waals surface area contributed by atoms with Crippen LogP contribution in [-0.2, 0) is 9.59 Å². The molecule has 1 heterocycles. The molecule has 3 N–H and O–H groups in total. The van der Waals surface area contributed by atoms with Crippen LogP contribution in [0.4, 0.5) is 15.2 Å². The Bertz CT molecular complexity index is 1790. The summed E-state index contributed by atoms with van der Waals surface area (Å²) in [4.78, 5) is 43.8. The normalized spacial score (nSPS) is 11.1. The summed E-state index contributed by atoms with van der Waals surface area (Å²) < 4.78 is 13.2. The molecule has 0 spiro atoms. The van der Waals surface area contributed by atoms with Crippen molar-refractivity contribution >= 4 is 57.7 Å². The number of amides is 3. The highest BCUT2D eigenvalue weighted by atomic mass is 32.2. The molecule has 7 nitrogen and oxygen atoms in total. The average Bonchev–Trinajstić information content (AvgIpc) is 3.50. The van der Waals surface area contributed by atoms with Gasteiger partial charge in [-0.05, 0) is 79.2 Å². The van der Waals surface area contributed by atoms with Gasteiger partial charge in [0.05, 0.1) is 11.4 Å². The summed E-state index contributed by atoms with van der Waals surface area (Å²) >= 11 is 2.63. The fourth-order valence-corrected chi connectivity index (χ4v) is 5.43. The predicted molar refractivity (Wildman–Crippen MR) is 175 cm³/mol. The number of aromatic nitrogens is 1. The minimum absolute atomic E-state index is 0.0996. The van der Waals surface area contributed by atoms with Crippen molar-refractivity contribution in [2.45, 2.75) is 11.8 Å². The molecule has 0 aliphatic rings. The highest BCUT2D eigenvalue weighted by molar-refractivity contribution is 8.00. The van der Waals surface area contributed by atoms with Crippen molar-refractivity contribution < 1.29 is 18.8 Å². The number of thiazole rings is 1. The van der Waals surface area contributed by atoms with E-state index >= 15 is 0 Å². The molecule has 0 saturated carbocycles. The van der Waals surface area contributed by atoms with Gasteiger partial charge in [0, 0.05) is 27.1 Å². The van der Waals surface area contributed by atoms with Gasteiger partial charge in [0.1, 0.15) is 11.5 Å². The Kier molecular flexibility index (Phi) is 9.96. The van der Waals surface area contributed by atoms with E-state index in [0.29, 0.717) is 22.1 Å². The molecule has 0 aliphatic carbocycles. The van der Waals surface area contributed by atoms with Crippen molar-refractivity contribution in [1.29, 1.82) is 0 Å². The van der Waals surface area contributed by atoms with E-state index in [9.17, 15) is 18.8 Å². The largest absolute Gasteiger partial charge is 0.321 e. The van der Waals surface area contributed by atoms with E-state index in [1.165, 1.54) is 35.2 Å². The van der Waals surface area contributed by atoms with Gasteiger partial charge < -0.3 is 16.0 Å². The van der Waals surface area contributed by atoms with E-state index in [0.717, 1.165) is 21.6 Å². The first-order valence-electron chi connectivity index (χ1n) is 13.5. The number of aryl methyl sites for hydroxylation is 1. The maximum atomic E-state index is 13.3. The summed E-state index contributed by atoms with van der Waals surface area (Å²) in [6.45, 7) is 1.97. The molecular weight excluding hydrogens is 596 g/mol. The lowest BCUT2D eigenvalue weighted by molar-refractivity contribution is -0.114. The van der Waals surface area contributed by atoms with E-state index in [2.05, 4.69) is 20.9 Å². The first-order valence-corrected chi connectivity index (χ1v) is 15.4. The van der Waals surface area contributed by atoms with Crippen molar-refractivity contribution in [3.05, 3.63) is 137 Å². The van der Waals surface area contributed by atoms with E-state index in [-0.39, 0.29) is 23.2 Å². The number of benzene rings is 4. The van der Waals surface area contributed by atoms with Gasteiger partial charge in [-0.3, -0.25) is 14.4 Å². The lowest BCUT2D eigenvalue weighted by Crippen LogP contribution is -2.30. The number of carbonyl (C=O) groups excluding carboxylic acids is 3. The van der Waals surface area contributed by atoms with Gasteiger partial charge in [-0.2, -0.15) is 0 Å². The van der Waals surface area contributed by atoms with Crippen LogP contribution in [0, 0.1) is 12.7 Å². The van der Waals surface area contributed by atoms with Crippen molar-refractivity contribution in [3.63, 3.8) is 0 Å². The second-order valence-electron chi connectivity index (χ2n) is 9.65. The second-order valence-corrected chi connectivity index (χ2v) is 11.6. The summed E-state index contributed by atoms with van der Waals surface area (Å²) in [7, 11) is 0.